The highest BCUT2D eigenvalue weighted by Gasteiger charge is 2.41. The number of ether oxygens (including phenoxy) is 1. The number of rotatable bonds is 7. The molecule has 1 saturated carbocycles. The molecule has 2 aliphatic rings. The van der Waals surface area contributed by atoms with Gasteiger partial charge in [-0.15, -0.1) is 0 Å². The molecular formula is C27H32F3N5O2. The second-order valence-electron chi connectivity index (χ2n) is 9.66. The summed E-state index contributed by atoms with van der Waals surface area (Å²) in [4.78, 5) is 18.2. The predicted octanol–water partition coefficient (Wildman–Crippen LogP) is 5.61. The molecule has 37 heavy (non-hydrogen) atoms. The van der Waals surface area contributed by atoms with Crippen molar-refractivity contribution >= 4 is 11.6 Å². The zero-order valence-corrected chi connectivity index (χ0v) is 21.0. The van der Waals surface area contributed by atoms with Gasteiger partial charge in [0.25, 0.3) is 5.91 Å². The van der Waals surface area contributed by atoms with Gasteiger partial charge in [0.15, 0.2) is 0 Å². The van der Waals surface area contributed by atoms with Crippen LogP contribution in [0.4, 0.5) is 18.9 Å². The van der Waals surface area contributed by atoms with Crippen LogP contribution in [-0.4, -0.2) is 34.2 Å². The molecule has 1 atom stereocenters. The maximum absolute atomic E-state index is 13.9. The predicted molar refractivity (Wildman–Crippen MR) is 134 cm³/mol. The number of nitrogens with zero attached hydrogens (tertiary/aromatic N) is 3. The molecule has 1 aliphatic carbocycles. The molecule has 2 aromatic carbocycles. The molecule has 1 unspecified atom stereocenters. The molecule has 3 N–H and O–H groups in total. The molecule has 5 rings (SSSR count). The monoisotopic (exact) mass is 515 g/mol. The third-order valence-corrected chi connectivity index (χ3v) is 6.91. The average Bonchev–Trinajstić information content (AvgIpc) is 3.53. The third-order valence-electron chi connectivity index (χ3n) is 6.91. The normalized spacial score (nSPS) is 19.6. The minimum absolute atomic E-state index is 0.0306. The van der Waals surface area contributed by atoms with E-state index >= 15 is 0 Å². The maximum Gasteiger partial charge on any atom is 0.416 e. The van der Waals surface area contributed by atoms with Gasteiger partial charge >= 0.3 is 6.18 Å². The first kappa shape index (κ1) is 26.8. The van der Waals surface area contributed by atoms with Crippen molar-refractivity contribution in [3.63, 3.8) is 0 Å². The molecule has 1 aromatic heterocycles. The third kappa shape index (κ3) is 6.19. The van der Waals surface area contributed by atoms with Gasteiger partial charge in [-0.25, -0.2) is 4.98 Å². The van der Waals surface area contributed by atoms with Crippen LogP contribution in [0.15, 0.2) is 49.1 Å². The van der Waals surface area contributed by atoms with E-state index in [1.54, 1.807) is 19.1 Å². The smallest absolute Gasteiger partial charge is 0.374 e. The zero-order valence-electron chi connectivity index (χ0n) is 21.0. The zero-order chi connectivity index (χ0) is 26.6. The quantitative estimate of drug-likeness (QED) is 0.399. The molecule has 0 bridgehead atoms. The van der Waals surface area contributed by atoms with Crippen molar-refractivity contribution in [1.29, 1.82) is 0 Å². The molecular weight excluding hydrogens is 483 g/mol. The van der Waals surface area contributed by atoms with Gasteiger partial charge < -0.3 is 15.4 Å². The number of hydrogen-bond donors (Lipinski definition) is 2. The first-order valence-electron chi connectivity index (χ1n) is 12.4. The van der Waals surface area contributed by atoms with Crippen LogP contribution in [-0.2, 0) is 17.5 Å². The van der Waals surface area contributed by atoms with E-state index < -0.39 is 23.8 Å². The van der Waals surface area contributed by atoms with Crippen molar-refractivity contribution < 1.29 is 22.7 Å². The Labute approximate surface area is 214 Å². The van der Waals surface area contributed by atoms with Gasteiger partial charge in [0.1, 0.15) is 12.7 Å². The Balaban J connectivity index is 0.000000572. The first-order chi connectivity index (χ1) is 17.7. The molecule has 0 radical (unpaired) electrons. The van der Waals surface area contributed by atoms with E-state index in [1.807, 2.05) is 18.2 Å². The Bertz CT molecular complexity index is 1180. The van der Waals surface area contributed by atoms with E-state index in [0.717, 1.165) is 24.5 Å². The summed E-state index contributed by atoms with van der Waals surface area (Å²) in [5.41, 5.74) is 6.97. The lowest BCUT2D eigenvalue weighted by Gasteiger charge is -2.33. The van der Waals surface area contributed by atoms with Crippen LogP contribution in [0.3, 0.4) is 0 Å². The summed E-state index contributed by atoms with van der Waals surface area (Å²) < 4.78 is 47.4. The summed E-state index contributed by atoms with van der Waals surface area (Å²) in [5, 5.41) is 5.99. The van der Waals surface area contributed by atoms with Gasteiger partial charge in [-0.1, -0.05) is 19.1 Å². The Morgan fingerprint density at radius 1 is 1.24 bits per heavy atom. The fraction of sp³-hybridized carbons (Fsp3) is 0.444. The molecule has 198 valence electrons. The molecule has 7 nitrogen and oxygen atoms in total. The number of nitrogens with one attached hydrogen (secondary N) is 1. The van der Waals surface area contributed by atoms with Crippen molar-refractivity contribution in [3.05, 3.63) is 76.9 Å². The van der Waals surface area contributed by atoms with Gasteiger partial charge in [0.2, 0.25) is 0 Å². The van der Waals surface area contributed by atoms with E-state index in [9.17, 15) is 18.0 Å². The number of nitrogens with two attached hydrogens (primary N) is 1. The first-order valence-corrected chi connectivity index (χ1v) is 12.4. The number of aromatic amines is 1. The van der Waals surface area contributed by atoms with E-state index in [2.05, 4.69) is 22.1 Å². The largest absolute Gasteiger partial charge is 0.416 e. The van der Waals surface area contributed by atoms with E-state index in [-0.39, 0.29) is 17.7 Å². The standard InChI is InChI=1S/C25H29F3N2O2.C2H3N3/c1-15-9-19(10-15)17-5-3-6-20(11-17)30-14-22-21(24(30)31)12-18(13-23(22)25(26,27)28)16(2)32-8-4-7-29;1-3-2-5-4-1/h3,5-6,11-13,15-16,19H,4,7-10,14,29H2,1-2H3;1-2H,(H,3,4,5). The minimum Gasteiger partial charge on any atom is -0.374 e. The molecule has 0 spiro atoms. The summed E-state index contributed by atoms with van der Waals surface area (Å²) in [7, 11) is 0. The lowest BCUT2D eigenvalue weighted by Crippen LogP contribution is -2.24. The number of anilines is 1. The Kier molecular flexibility index (Phi) is 8.29. The molecule has 10 heteroatoms. The molecule has 2 heterocycles. The van der Waals surface area contributed by atoms with Crippen molar-refractivity contribution in [3.8, 4) is 0 Å². The van der Waals surface area contributed by atoms with E-state index in [1.165, 1.54) is 17.6 Å². The molecule has 0 saturated heterocycles. The number of H-pyrrole nitrogens is 1. The molecule has 1 amide bonds. The van der Waals surface area contributed by atoms with Gasteiger partial charge in [-0.3, -0.25) is 9.89 Å². The highest BCUT2D eigenvalue weighted by atomic mass is 19.4. The summed E-state index contributed by atoms with van der Waals surface area (Å²) in [6.45, 7) is 4.60. The number of carbonyl (C=O) groups excluding carboxylic acids is 1. The number of amides is 1. The number of benzene rings is 2. The summed E-state index contributed by atoms with van der Waals surface area (Å²) in [6.07, 6.45) is 0.642. The van der Waals surface area contributed by atoms with Gasteiger partial charge in [0.05, 0.1) is 18.2 Å². The molecule has 1 aliphatic heterocycles. The van der Waals surface area contributed by atoms with Crippen molar-refractivity contribution in [2.75, 3.05) is 18.1 Å². The number of hydrogen-bond acceptors (Lipinski definition) is 5. The minimum atomic E-state index is -4.56. The molecule has 3 aromatic rings. The Morgan fingerprint density at radius 3 is 2.62 bits per heavy atom. The number of aromatic nitrogens is 3. The van der Waals surface area contributed by atoms with Crippen LogP contribution in [0.25, 0.3) is 0 Å². The Hall–Kier alpha value is -3.24. The van der Waals surface area contributed by atoms with Crippen LogP contribution in [0.1, 0.15) is 77.7 Å². The number of fused-ring (bicyclic) bond motifs is 1. The van der Waals surface area contributed by atoms with Gasteiger partial charge in [0, 0.05) is 17.9 Å². The summed E-state index contributed by atoms with van der Waals surface area (Å²) in [6, 6.07) is 10.3. The van der Waals surface area contributed by atoms with Gasteiger partial charge in [-0.2, -0.15) is 18.3 Å². The lowest BCUT2D eigenvalue weighted by atomic mass is 9.72. The van der Waals surface area contributed by atoms with E-state index in [0.29, 0.717) is 42.7 Å². The molecule has 1 fully saturated rings. The van der Waals surface area contributed by atoms with Crippen molar-refractivity contribution in [2.24, 2.45) is 11.7 Å². The average molecular weight is 516 g/mol. The fourth-order valence-electron chi connectivity index (χ4n) is 4.85. The highest BCUT2D eigenvalue weighted by molar-refractivity contribution is 6.10. The van der Waals surface area contributed by atoms with Crippen molar-refractivity contribution in [2.45, 2.75) is 57.9 Å². The number of carbonyl (C=O) groups is 1. The van der Waals surface area contributed by atoms with Crippen molar-refractivity contribution in [1.82, 2.24) is 15.2 Å². The van der Waals surface area contributed by atoms with Crippen LogP contribution >= 0.6 is 0 Å². The van der Waals surface area contributed by atoms with Crippen LogP contribution in [0.5, 0.6) is 0 Å². The highest BCUT2D eigenvalue weighted by Crippen LogP contribution is 2.44. The second-order valence-corrected chi connectivity index (χ2v) is 9.66. The second kappa shape index (κ2) is 11.4. The van der Waals surface area contributed by atoms with Crippen LogP contribution < -0.4 is 10.6 Å². The summed E-state index contributed by atoms with van der Waals surface area (Å²) in [5.74, 6) is 0.734. The number of alkyl halides is 3. The SMILES string of the molecule is CC1CC(c2cccc(N3Cc4c(cc(C(C)OCCCN)cc4C(F)(F)F)C3=O)c2)C1.c1nc[nH]n1. The Morgan fingerprint density at radius 2 is 2.03 bits per heavy atom. The summed E-state index contributed by atoms with van der Waals surface area (Å²) >= 11 is 0. The maximum atomic E-state index is 13.9. The van der Waals surface area contributed by atoms with Crippen LogP contribution in [0.2, 0.25) is 0 Å². The fourth-order valence-corrected chi connectivity index (χ4v) is 4.85. The topological polar surface area (TPSA) is 97.1 Å². The number of halogens is 3. The van der Waals surface area contributed by atoms with Crippen LogP contribution in [0, 0.1) is 5.92 Å². The van der Waals surface area contributed by atoms with Gasteiger partial charge in [-0.05, 0) is 85.5 Å². The lowest BCUT2D eigenvalue weighted by molar-refractivity contribution is -0.138. The van der Waals surface area contributed by atoms with E-state index in [4.69, 9.17) is 10.5 Å².